The highest BCUT2D eigenvalue weighted by Gasteiger charge is 2.28. The summed E-state index contributed by atoms with van der Waals surface area (Å²) >= 11 is 0. The number of nitrogens with one attached hydrogen (secondary N) is 2. The highest BCUT2D eigenvalue weighted by Crippen LogP contribution is 2.16. The largest absolute Gasteiger partial charge is 0.489 e. The molecule has 0 aromatic heterocycles. The lowest BCUT2D eigenvalue weighted by Crippen LogP contribution is -2.52. The van der Waals surface area contributed by atoms with Crippen molar-refractivity contribution < 1.29 is 33.3 Å². The Balaban J connectivity index is 1.68. The van der Waals surface area contributed by atoms with Crippen LogP contribution in [0.15, 0.2) is 84.9 Å². The van der Waals surface area contributed by atoms with E-state index in [1.807, 2.05) is 84.9 Å². The highest BCUT2D eigenvalue weighted by atomic mass is 16.6. The molecule has 9 nitrogen and oxygen atoms in total. The van der Waals surface area contributed by atoms with Crippen LogP contribution in [0.4, 0.5) is 4.79 Å². The van der Waals surface area contributed by atoms with Crippen molar-refractivity contribution in [2.75, 3.05) is 13.7 Å². The zero-order valence-corrected chi connectivity index (χ0v) is 23.9. The van der Waals surface area contributed by atoms with Gasteiger partial charge in [0.2, 0.25) is 0 Å². The topological polar surface area (TPSA) is 112 Å². The van der Waals surface area contributed by atoms with Crippen LogP contribution in [0.1, 0.15) is 37.5 Å². The summed E-state index contributed by atoms with van der Waals surface area (Å²) in [6.45, 7) is 5.60. The molecule has 41 heavy (non-hydrogen) atoms. The van der Waals surface area contributed by atoms with Crippen molar-refractivity contribution in [1.29, 1.82) is 0 Å². The second kappa shape index (κ2) is 15.4. The maximum atomic E-state index is 13.2. The normalized spacial score (nSPS) is 12.5. The molecule has 0 saturated heterocycles. The third-order valence-electron chi connectivity index (χ3n) is 5.86. The number of rotatable bonds is 13. The minimum atomic E-state index is -1.09. The summed E-state index contributed by atoms with van der Waals surface area (Å²) in [7, 11) is 1.22. The Kier molecular flexibility index (Phi) is 11.7. The highest BCUT2D eigenvalue weighted by molar-refractivity contribution is 5.82. The van der Waals surface area contributed by atoms with E-state index in [2.05, 4.69) is 10.6 Å². The summed E-state index contributed by atoms with van der Waals surface area (Å²) in [6, 6.07) is 24.7. The second-order valence-electron chi connectivity index (χ2n) is 10.4. The van der Waals surface area contributed by atoms with Crippen LogP contribution < -0.4 is 15.4 Å². The van der Waals surface area contributed by atoms with Gasteiger partial charge in [0.15, 0.2) is 0 Å². The molecule has 218 valence electrons. The van der Waals surface area contributed by atoms with Crippen molar-refractivity contribution in [2.24, 2.45) is 0 Å². The summed E-state index contributed by atoms with van der Waals surface area (Å²) in [4.78, 5) is 37.9. The predicted octanol–water partition coefficient (Wildman–Crippen LogP) is 4.58. The van der Waals surface area contributed by atoms with Crippen molar-refractivity contribution in [1.82, 2.24) is 10.6 Å². The number of carbonyl (C=O) groups excluding carboxylic acids is 3. The third kappa shape index (κ3) is 11.3. The van der Waals surface area contributed by atoms with Gasteiger partial charge in [0, 0.05) is 6.54 Å². The summed E-state index contributed by atoms with van der Waals surface area (Å²) in [6.07, 6.45) is -0.503. The van der Waals surface area contributed by atoms with Crippen molar-refractivity contribution >= 4 is 18.0 Å². The van der Waals surface area contributed by atoms with Gasteiger partial charge in [0.05, 0.1) is 7.11 Å². The Morgan fingerprint density at radius 2 is 1.32 bits per heavy atom. The second-order valence-corrected chi connectivity index (χ2v) is 10.4. The van der Waals surface area contributed by atoms with Crippen LogP contribution in [0.25, 0.3) is 0 Å². The van der Waals surface area contributed by atoms with Gasteiger partial charge in [0.1, 0.15) is 36.6 Å². The molecular formula is C32H38N2O7. The van der Waals surface area contributed by atoms with Crippen molar-refractivity contribution in [3.8, 4) is 5.75 Å². The van der Waals surface area contributed by atoms with Gasteiger partial charge in [-0.15, -0.1) is 0 Å². The molecule has 0 unspecified atom stereocenters. The van der Waals surface area contributed by atoms with Crippen molar-refractivity contribution in [3.05, 3.63) is 102 Å². The Hall–Kier alpha value is -4.37. The van der Waals surface area contributed by atoms with Crippen LogP contribution in [0, 0.1) is 0 Å². The van der Waals surface area contributed by atoms with E-state index >= 15 is 0 Å². The predicted molar refractivity (Wildman–Crippen MR) is 154 cm³/mol. The van der Waals surface area contributed by atoms with Gasteiger partial charge in [-0.2, -0.15) is 0 Å². The maximum Gasteiger partial charge on any atom is 0.408 e. The molecule has 2 N–H and O–H groups in total. The standard InChI is InChI=1S/C32H38N2O7/c1-32(2,3)41-31(37)34-28(29(35)38-4)20-33-27(30(36)40-22-25-13-9-6-10-14-25)19-23-15-17-26(18-16-23)39-21-24-11-7-5-8-12-24/h5-18,27-28,33H,19-22H2,1-4H3,(H,34,37)/t27-,28+/m0/s1. The van der Waals surface area contributed by atoms with E-state index < -0.39 is 35.7 Å². The van der Waals surface area contributed by atoms with Gasteiger partial charge in [-0.3, -0.25) is 4.79 Å². The average Bonchev–Trinajstić information content (AvgIpc) is 2.96. The first-order valence-corrected chi connectivity index (χ1v) is 13.4. The number of methoxy groups -OCH3 is 1. The molecular weight excluding hydrogens is 524 g/mol. The van der Waals surface area contributed by atoms with Crippen LogP contribution in [0.5, 0.6) is 5.75 Å². The smallest absolute Gasteiger partial charge is 0.408 e. The Morgan fingerprint density at radius 3 is 1.88 bits per heavy atom. The minimum Gasteiger partial charge on any atom is -0.489 e. The van der Waals surface area contributed by atoms with Gasteiger partial charge in [-0.05, 0) is 56.0 Å². The molecule has 0 aliphatic heterocycles. The summed E-state index contributed by atoms with van der Waals surface area (Å²) in [5.74, 6) is -0.486. The van der Waals surface area contributed by atoms with Crippen LogP contribution in [-0.4, -0.2) is 49.4 Å². The molecule has 0 radical (unpaired) electrons. The lowest BCUT2D eigenvalue weighted by molar-refractivity contribution is -0.148. The van der Waals surface area contributed by atoms with E-state index in [0.29, 0.717) is 12.4 Å². The first kappa shape index (κ1) is 31.2. The van der Waals surface area contributed by atoms with Gasteiger partial charge in [-0.1, -0.05) is 72.8 Å². The minimum absolute atomic E-state index is 0.0880. The lowest BCUT2D eigenvalue weighted by atomic mass is 10.1. The first-order valence-electron chi connectivity index (χ1n) is 13.4. The number of amides is 1. The SMILES string of the molecule is COC(=O)[C@@H](CN[C@@H](Cc1ccc(OCc2ccccc2)cc1)C(=O)OCc1ccccc1)NC(=O)OC(C)(C)C. The van der Waals surface area contributed by atoms with Crippen LogP contribution in [0.3, 0.4) is 0 Å². The zero-order valence-electron chi connectivity index (χ0n) is 23.9. The monoisotopic (exact) mass is 562 g/mol. The Labute approximate surface area is 241 Å². The molecule has 1 amide bonds. The fourth-order valence-electron chi connectivity index (χ4n) is 3.81. The number of carbonyl (C=O) groups is 3. The molecule has 0 saturated carbocycles. The summed E-state index contributed by atoms with van der Waals surface area (Å²) in [5.41, 5.74) is 2.00. The molecule has 2 atom stereocenters. The van der Waals surface area contributed by atoms with E-state index in [-0.39, 0.29) is 19.6 Å². The maximum absolute atomic E-state index is 13.2. The molecule has 0 aliphatic rings. The fourth-order valence-corrected chi connectivity index (χ4v) is 3.81. The summed E-state index contributed by atoms with van der Waals surface area (Å²) in [5, 5.41) is 5.58. The van der Waals surface area contributed by atoms with Crippen LogP contribution >= 0.6 is 0 Å². The van der Waals surface area contributed by atoms with E-state index in [1.54, 1.807) is 20.8 Å². The number of esters is 2. The summed E-state index contributed by atoms with van der Waals surface area (Å²) < 4.78 is 21.6. The molecule has 3 rings (SSSR count). The average molecular weight is 563 g/mol. The van der Waals surface area contributed by atoms with Gasteiger partial charge >= 0.3 is 18.0 Å². The number of ether oxygens (including phenoxy) is 4. The zero-order chi connectivity index (χ0) is 29.7. The molecule has 3 aromatic rings. The lowest BCUT2D eigenvalue weighted by Gasteiger charge is -2.24. The van der Waals surface area contributed by atoms with Gasteiger partial charge in [-0.25, -0.2) is 9.59 Å². The molecule has 3 aromatic carbocycles. The Bertz CT molecular complexity index is 1240. The van der Waals surface area contributed by atoms with E-state index in [0.717, 1.165) is 16.7 Å². The number of alkyl carbamates (subject to hydrolysis) is 1. The third-order valence-corrected chi connectivity index (χ3v) is 5.86. The molecule has 0 heterocycles. The molecule has 0 aliphatic carbocycles. The molecule has 0 fully saturated rings. The number of hydrogen-bond acceptors (Lipinski definition) is 8. The number of benzene rings is 3. The first-order chi connectivity index (χ1) is 19.6. The molecule has 0 bridgehead atoms. The molecule has 9 heteroatoms. The molecule has 0 spiro atoms. The van der Waals surface area contributed by atoms with E-state index in [9.17, 15) is 14.4 Å². The van der Waals surface area contributed by atoms with E-state index in [4.69, 9.17) is 18.9 Å². The van der Waals surface area contributed by atoms with Crippen molar-refractivity contribution in [2.45, 2.75) is 58.1 Å². The van der Waals surface area contributed by atoms with Crippen LogP contribution in [0.2, 0.25) is 0 Å². The van der Waals surface area contributed by atoms with E-state index in [1.165, 1.54) is 7.11 Å². The van der Waals surface area contributed by atoms with Gasteiger partial charge in [0.25, 0.3) is 0 Å². The quantitative estimate of drug-likeness (QED) is 0.230. The number of hydrogen-bond donors (Lipinski definition) is 2. The fraction of sp³-hybridized carbons (Fsp3) is 0.344. The van der Waals surface area contributed by atoms with Crippen LogP contribution in [-0.2, 0) is 43.4 Å². The Morgan fingerprint density at radius 1 is 0.732 bits per heavy atom. The van der Waals surface area contributed by atoms with Gasteiger partial charge < -0.3 is 29.6 Å². The van der Waals surface area contributed by atoms with Crippen molar-refractivity contribution in [3.63, 3.8) is 0 Å².